The molecule has 0 radical (unpaired) electrons. The van der Waals surface area contributed by atoms with E-state index in [1.54, 1.807) is 55.6 Å². The zero-order valence-corrected chi connectivity index (χ0v) is 21.8. The topological polar surface area (TPSA) is 67.6 Å². The number of benzene rings is 2. The van der Waals surface area contributed by atoms with Crippen LogP contribution in [0.2, 0.25) is 5.02 Å². The van der Waals surface area contributed by atoms with Crippen LogP contribution < -0.4 is 15.2 Å². The van der Waals surface area contributed by atoms with Crippen molar-refractivity contribution in [1.29, 1.82) is 0 Å². The van der Waals surface area contributed by atoms with E-state index in [1.165, 1.54) is 10.8 Å². The van der Waals surface area contributed by atoms with E-state index in [2.05, 4.69) is 10.00 Å². The second-order valence-electron chi connectivity index (χ2n) is 9.11. The van der Waals surface area contributed by atoms with Gasteiger partial charge in [0.25, 0.3) is 0 Å². The standard InChI is InChI=1S/C29H31ClFN3O3/c1-3-24(31)9-4-20(2)22-5-12-26(13-6-22)37-28-27(33-16-14-21(19-35)15-17-33)18-32-34(29(28)36)25-10-7-23(30)8-11-25/h4-13,18,21,35H,3,14-17,19H2,1-2H3/b20-4+,24-9+. The Labute approximate surface area is 221 Å². The summed E-state index contributed by atoms with van der Waals surface area (Å²) >= 11 is 6.02. The second-order valence-corrected chi connectivity index (χ2v) is 9.54. The molecule has 1 aliphatic rings. The third-order valence-corrected chi connectivity index (χ3v) is 6.83. The van der Waals surface area contributed by atoms with E-state index in [-0.39, 0.29) is 29.7 Å². The van der Waals surface area contributed by atoms with Gasteiger partial charge in [0.2, 0.25) is 5.75 Å². The summed E-state index contributed by atoms with van der Waals surface area (Å²) in [6, 6.07) is 14.2. The summed E-state index contributed by atoms with van der Waals surface area (Å²) in [5, 5.41) is 14.5. The Kier molecular flexibility index (Phi) is 8.79. The zero-order chi connectivity index (χ0) is 26.4. The van der Waals surface area contributed by atoms with Crippen LogP contribution in [0.15, 0.2) is 77.5 Å². The average molecular weight is 524 g/mol. The molecule has 4 rings (SSSR count). The Hall–Kier alpha value is -3.42. The molecular formula is C29H31ClFN3O3. The van der Waals surface area contributed by atoms with Crippen LogP contribution in [-0.4, -0.2) is 34.6 Å². The van der Waals surface area contributed by atoms with Crippen LogP contribution in [0.4, 0.5) is 10.1 Å². The summed E-state index contributed by atoms with van der Waals surface area (Å²) in [5.41, 5.74) is 2.65. The highest BCUT2D eigenvalue weighted by Crippen LogP contribution is 2.32. The molecular weight excluding hydrogens is 493 g/mol. The minimum atomic E-state index is -0.385. The molecule has 37 heavy (non-hydrogen) atoms. The molecule has 0 saturated carbocycles. The normalized spacial score (nSPS) is 15.2. The number of anilines is 1. The van der Waals surface area contributed by atoms with Crippen LogP contribution in [0.1, 0.15) is 38.7 Å². The van der Waals surface area contributed by atoms with Crippen LogP contribution in [0.5, 0.6) is 11.5 Å². The Morgan fingerprint density at radius 1 is 1.14 bits per heavy atom. The van der Waals surface area contributed by atoms with E-state index in [4.69, 9.17) is 16.3 Å². The smallest absolute Gasteiger partial charge is 0.316 e. The van der Waals surface area contributed by atoms with Gasteiger partial charge >= 0.3 is 5.56 Å². The second kappa shape index (κ2) is 12.2. The molecule has 8 heteroatoms. The van der Waals surface area contributed by atoms with Gasteiger partial charge in [-0.15, -0.1) is 0 Å². The van der Waals surface area contributed by atoms with Crippen LogP contribution in [-0.2, 0) is 0 Å². The minimum Gasteiger partial charge on any atom is -0.449 e. The molecule has 194 valence electrons. The highest BCUT2D eigenvalue weighted by atomic mass is 35.5. The summed E-state index contributed by atoms with van der Waals surface area (Å²) in [4.78, 5) is 15.7. The average Bonchev–Trinajstić information content (AvgIpc) is 2.93. The first-order valence-electron chi connectivity index (χ1n) is 12.4. The largest absolute Gasteiger partial charge is 0.449 e. The summed E-state index contributed by atoms with van der Waals surface area (Å²) in [5.74, 6) is 0.765. The number of rotatable bonds is 8. The van der Waals surface area contributed by atoms with Crippen molar-refractivity contribution < 1.29 is 14.2 Å². The summed E-state index contributed by atoms with van der Waals surface area (Å²) < 4.78 is 21.0. The number of nitrogens with zero attached hydrogens (tertiary/aromatic N) is 3. The molecule has 3 aromatic rings. The van der Waals surface area contributed by atoms with Gasteiger partial charge in [0.1, 0.15) is 11.4 Å². The Bertz CT molecular complexity index is 1330. The van der Waals surface area contributed by atoms with Crippen molar-refractivity contribution in [3.05, 3.63) is 93.6 Å². The summed E-state index contributed by atoms with van der Waals surface area (Å²) in [6.45, 7) is 5.23. The van der Waals surface area contributed by atoms with E-state index in [0.29, 0.717) is 41.7 Å². The lowest BCUT2D eigenvalue weighted by molar-refractivity contribution is 0.203. The highest BCUT2D eigenvalue weighted by molar-refractivity contribution is 6.30. The lowest BCUT2D eigenvalue weighted by atomic mass is 9.97. The highest BCUT2D eigenvalue weighted by Gasteiger charge is 2.24. The van der Waals surface area contributed by atoms with E-state index in [1.807, 2.05) is 19.1 Å². The van der Waals surface area contributed by atoms with Gasteiger partial charge in [-0.1, -0.05) is 36.7 Å². The Balaban J connectivity index is 1.67. The third kappa shape index (κ3) is 6.48. The molecule has 1 N–H and O–H groups in total. The fraction of sp³-hybridized carbons (Fsp3) is 0.310. The maximum Gasteiger partial charge on any atom is 0.316 e. The molecule has 0 atom stereocenters. The number of aliphatic hydroxyl groups is 1. The molecule has 2 heterocycles. The van der Waals surface area contributed by atoms with Crippen molar-refractivity contribution in [1.82, 2.24) is 9.78 Å². The number of hydrogen-bond acceptors (Lipinski definition) is 5. The number of aliphatic hydroxyl groups excluding tert-OH is 1. The fourth-order valence-corrected chi connectivity index (χ4v) is 4.33. The molecule has 2 aromatic carbocycles. The number of aromatic nitrogens is 2. The zero-order valence-electron chi connectivity index (χ0n) is 21.0. The molecule has 0 spiro atoms. The maximum atomic E-state index is 13.6. The lowest BCUT2D eigenvalue weighted by Gasteiger charge is -2.33. The molecule has 0 amide bonds. The monoisotopic (exact) mass is 523 g/mol. The van der Waals surface area contributed by atoms with Crippen LogP contribution in [0.25, 0.3) is 11.3 Å². The Morgan fingerprint density at radius 3 is 2.43 bits per heavy atom. The molecule has 6 nitrogen and oxygen atoms in total. The number of ether oxygens (including phenoxy) is 1. The summed E-state index contributed by atoms with van der Waals surface area (Å²) in [7, 11) is 0. The molecule has 1 saturated heterocycles. The van der Waals surface area contributed by atoms with Crippen molar-refractivity contribution in [2.45, 2.75) is 33.1 Å². The van der Waals surface area contributed by atoms with E-state index in [0.717, 1.165) is 24.0 Å². The van der Waals surface area contributed by atoms with Crippen molar-refractivity contribution in [2.24, 2.45) is 5.92 Å². The molecule has 1 fully saturated rings. The van der Waals surface area contributed by atoms with E-state index < -0.39 is 0 Å². The van der Waals surface area contributed by atoms with Gasteiger partial charge in [-0.2, -0.15) is 9.78 Å². The summed E-state index contributed by atoms with van der Waals surface area (Å²) in [6.07, 6.45) is 6.88. The van der Waals surface area contributed by atoms with Crippen LogP contribution in [0, 0.1) is 5.92 Å². The number of allylic oxidation sites excluding steroid dienone is 4. The number of piperidine rings is 1. The van der Waals surface area contributed by atoms with Crippen LogP contribution in [0.3, 0.4) is 0 Å². The SMILES string of the molecule is CC/C(F)=C\C=C(/C)c1ccc(Oc2c(N3CCC(CO)CC3)cnn(-c3ccc(Cl)cc3)c2=O)cc1. The van der Waals surface area contributed by atoms with Crippen LogP contribution >= 0.6 is 11.6 Å². The third-order valence-electron chi connectivity index (χ3n) is 6.58. The maximum absolute atomic E-state index is 13.6. The number of halogens is 2. The predicted octanol–water partition coefficient (Wildman–Crippen LogP) is 6.55. The molecule has 1 aliphatic heterocycles. The van der Waals surface area contributed by atoms with Gasteiger partial charge in [-0.25, -0.2) is 4.39 Å². The quantitative estimate of drug-likeness (QED) is 0.339. The van der Waals surface area contributed by atoms with Gasteiger partial charge in [-0.3, -0.25) is 4.79 Å². The fourth-order valence-electron chi connectivity index (χ4n) is 4.21. The Morgan fingerprint density at radius 2 is 1.81 bits per heavy atom. The van der Waals surface area contributed by atoms with Gasteiger partial charge in [0.15, 0.2) is 0 Å². The number of hydrogen-bond donors (Lipinski definition) is 1. The van der Waals surface area contributed by atoms with Crippen molar-refractivity contribution >= 4 is 22.9 Å². The minimum absolute atomic E-state index is 0.161. The van der Waals surface area contributed by atoms with Gasteiger partial charge in [0, 0.05) is 24.7 Å². The molecule has 0 bridgehead atoms. The first-order valence-corrected chi connectivity index (χ1v) is 12.8. The molecule has 0 aliphatic carbocycles. The van der Waals surface area contributed by atoms with E-state index in [9.17, 15) is 14.3 Å². The van der Waals surface area contributed by atoms with Gasteiger partial charge in [0.05, 0.1) is 17.7 Å². The lowest BCUT2D eigenvalue weighted by Crippen LogP contribution is -2.36. The molecule has 1 aromatic heterocycles. The van der Waals surface area contributed by atoms with E-state index >= 15 is 0 Å². The predicted molar refractivity (Wildman–Crippen MR) is 147 cm³/mol. The first kappa shape index (κ1) is 26.6. The van der Waals surface area contributed by atoms with Gasteiger partial charge < -0.3 is 14.7 Å². The van der Waals surface area contributed by atoms with Crippen molar-refractivity contribution in [3.63, 3.8) is 0 Å². The molecule has 0 unspecified atom stereocenters. The van der Waals surface area contributed by atoms with Gasteiger partial charge in [-0.05, 0) is 85.7 Å². The van der Waals surface area contributed by atoms with Crippen molar-refractivity contribution in [2.75, 3.05) is 24.6 Å². The van der Waals surface area contributed by atoms with Crippen molar-refractivity contribution in [3.8, 4) is 17.2 Å². The first-order chi connectivity index (χ1) is 17.9.